The van der Waals surface area contributed by atoms with Crippen molar-refractivity contribution < 1.29 is 18.1 Å². The van der Waals surface area contributed by atoms with E-state index in [2.05, 4.69) is 64.5 Å². The standard InChI is InChI=1S/C20H38NO4Si4.Rf/c1-21(17-22)18-11-10-12-19(15-18)28(6,7)13-14-29(8,9)23-16-20(24-26(2)3)25-27(4)5;/h10-12,15,20H,13-14,16H2,1-9H3;/q-1;. The molecule has 1 amide bonds. The van der Waals surface area contributed by atoms with Gasteiger partial charge in [0.25, 0.3) is 0 Å². The molecule has 10 heteroatoms. The normalized spacial score (nSPS) is 12.4. The van der Waals surface area contributed by atoms with Gasteiger partial charge in [-0.1, -0.05) is 36.5 Å². The molecule has 0 saturated carbocycles. The molecule has 2 radical (unpaired) electrons. The maximum absolute atomic E-state index is 11.0. The van der Waals surface area contributed by atoms with Crippen LogP contribution in [0.25, 0.3) is 0 Å². The van der Waals surface area contributed by atoms with Crippen LogP contribution in [0.3, 0.4) is 0 Å². The summed E-state index contributed by atoms with van der Waals surface area (Å²) in [6, 6.07) is 10.6. The van der Waals surface area contributed by atoms with Crippen molar-refractivity contribution in [1.82, 2.24) is 0 Å². The topological polar surface area (TPSA) is 48.0 Å². The maximum Gasteiger partial charge on any atom is 0.208 e. The number of rotatable bonds is 13. The molecule has 1 rings (SSSR count). The minimum absolute atomic E-state index is 0. The van der Waals surface area contributed by atoms with Gasteiger partial charge in [-0.2, -0.15) is 0 Å². The summed E-state index contributed by atoms with van der Waals surface area (Å²) in [7, 11) is -3.38. The molecule has 1 aromatic carbocycles. The van der Waals surface area contributed by atoms with Gasteiger partial charge in [0.1, 0.15) is 0 Å². The summed E-state index contributed by atoms with van der Waals surface area (Å²) in [5.74, 6) is 0. The number of amides is 1. The van der Waals surface area contributed by atoms with Crippen molar-refractivity contribution in [3.63, 3.8) is 0 Å². The van der Waals surface area contributed by atoms with E-state index in [-0.39, 0.29) is 6.29 Å². The zero-order chi connectivity index (χ0) is 22.2. The van der Waals surface area contributed by atoms with Gasteiger partial charge in [-0.15, -0.1) is 17.8 Å². The second kappa shape index (κ2) is 12.3. The van der Waals surface area contributed by atoms with Crippen molar-refractivity contribution in [1.29, 1.82) is 0 Å². The zero-order valence-corrected chi connectivity index (χ0v) is 30.7. The van der Waals surface area contributed by atoms with Crippen molar-refractivity contribution in [2.45, 2.75) is 70.8 Å². The maximum atomic E-state index is 11.0. The number of hydrogen-bond acceptors (Lipinski definition) is 4. The van der Waals surface area contributed by atoms with Crippen LogP contribution >= 0.6 is 0 Å². The Balaban J connectivity index is 0.00000841. The molecule has 0 aliphatic heterocycles. The smallest absolute Gasteiger partial charge is 0.208 e. The van der Waals surface area contributed by atoms with Crippen molar-refractivity contribution in [2.75, 3.05) is 18.6 Å². The third-order valence-electron chi connectivity index (χ3n) is 4.85. The van der Waals surface area contributed by atoms with Crippen molar-refractivity contribution in [2.24, 2.45) is 0 Å². The first-order valence-corrected chi connectivity index (χ1v) is 21.3. The molecule has 166 valence electrons. The van der Waals surface area contributed by atoms with Gasteiger partial charge in [-0.3, -0.25) is 0 Å². The van der Waals surface area contributed by atoms with Gasteiger partial charge < -0.3 is 23.0 Å². The molecule has 0 spiro atoms. The van der Waals surface area contributed by atoms with E-state index in [0.717, 1.165) is 17.8 Å². The number of benzene rings is 1. The van der Waals surface area contributed by atoms with Crippen LogP contribution in [0.5, 0.6) is 0 Å². The molecule has 0 bridgehead atoms. The van der Waals surface area contributed by atoms with Crippen molar-refractivity contribution >= 4 is 51.8 Å². The summed E-state index contributed by atoms with van der Waals surface area (Å²) in [6.45, 7) is 18.4. The van der Waals surface area contributed by atoms with Gasteiger partial charge >= 0.3 is 0 Å². The minimum atomic E-state index is -1.83. The average Bonchev–Trinajstić information content (AvgIpc) is 2.63. The van der Waals surface area contributed by atoms with Gasteiger partial charge in [0.2, 0.25) is 18.1 Å². The molecule has 1 aromatic rings. The number of nitrogens with zero attached hydrogens (tertiary/aromatic N) is 1. The molecule has 0 N–H and O–H groups in total. The van der Waals surface area contributed by atoms with E-state index < -0.39 is 34.5 Å². The Bertz CT molecular complexity index is 637. The predicted molar refractivity (Wildman–Crippen MR) is 132 cm³/mol. The summed E-state index contributed by atoms with van der Waals surface area (Å²) in [5.41, 5.74) is 0.899. The monoisotopic (exact) mass is 735 g/mol. The SMILES string of the molecule is CN([C-]=O)c1cccc([Si](C)(C)CC[Si](C)(C)OCC(O[Si](C)C)O[Si](C)C)c1.[Rf]. The molecule has 0 heterocycles. The first kappa shape index (κ1) is 28.4. The summed E-state index contributed by atoms with van der Waals surface area (Å²) in [5, 5.41) is 1.36. The van der Waals surface area contributed by atoms with E-state index in [0.29, 0.717) is 6.61 Å². The van der Waals surface area contributed by atoms with Crippen LogP contribution in [0.1, 0.15) is 0 Å². The molecule has 30 heavy (non-hydrogen) atoms. The molecule has 0 fully saturated rings. The van der Waals surface area contributed by atoms with Crippen LogP contribution in [0.2, 0.25) is 64.5 Å². The molecule has 0 aliphatic rings. The fourth-order valence-corrected chi connectivity index (χ4v) is 11.3. The fourth-order valence-electron chi connectivity index (χ4n) is 2.93. The number of anilines is 1. The van der Waals surface area contributed by atoms with Crippen LogP contribution in [0.15, 0.2) is 24.3 Å². The summed E-state index contributed by atoms with van der Waals surface area (Å²) >= 11 is 0. The van der Waals surface area contributed by atoms with Crippen LogP contribution in [-0.4, -0.2) is 60.8 Å². The van der Waals surface area contributed by atoms with E-state index in [9.17, 15) is 4.79 Å². The summed E-state index contributed by atoms with van der Waals surface area (Å²) < 4.78 is 18.4. The summed E-state index contributed by atoms with van der Waals surface area (Å²) in [4.78, 5) is 12.5. The van der Waals surface area contributed by atoms with Gasteiger partial charge in [-0.25, -0.2) is 0 Å². The molecule has 5 nitrogen and oxygen atoms in total. The Morgan fingerprint density at radius 1 is 1.03 bits per heavy atom. The number of hydrogen-bond donors (Lipinski definition) is 0. The first-order chi connectivity index (χ1) is 13.4. The Labute approximate surface area is 183 Å². The Kier molecular flexibility index (Phi) is 11.7. The number of carbonyl (C=O) groups excluding carboxylic acids is 1. The van der Waals surface area contributed by atoms with E-state index in [1.165, 1.54) is 10.1 Å². The fraction of sp³-hybridized carbons (Fsp3) is 0.650. The van der Waals surface area contributed by atoms with Gasteiger partial charge in [-0.05, 0) is 52.4 Å². The van der Waals surface area contributed by atoms with Gasteiger partial charge in [0.05, 0.1) is 21.1 Å². The average molecular weight is 736 g/mol. The van der Waals surface area contributed by atoms with Crippen LogP contribution < -0.4 is 10.1 Å². The van der Waals surface area contributed by atoms with E-state index in [4.69, 9.17) is 13.3 Å². The quantitative estimate of drug-likeness (QED) is 0.132. The largest absolute Gasteiger partial charge is 0.479 e. The zero-order valence-electron chi connectivity index (χ0n) is 20.3. The first-order valence-electron chi connectivity index (χ1n) is 10.2. The molecule has 0 aliphatic carbocycles. The van der Waals surface area contributed by atoms with Crippen molar-refractivity contribution in [3.05, 3.63) is 24.3 Å². The molecule has 0 unspecified atom stereocenters. The molecular formula is C20H38NO4RfSi4-. The molecule has 0 saturated heterocycles. The Morgan fingerprint density at radius 2 is 1.60 bits per heavy atom. The van der Waals surface area contributed by atoms with Crippen molar-refractivity contribution in [3.8, 4) is 0 Å². The van der Waals surface area contributed by atoms with Crippen LogP contribution in [0.4, 0.5) is 5.69 Å². The van der Waals surface area contributed by atoms with Gasteiger partial charge in [0.15, 0.2) is 14.6 Å². The van der Waals surface area contributed by atoms with E-state index >= 15 is 0 Å². The summed E-state index contributed by atoms with van der Waals surface area (Å²) in [6.07, 6.45) is 1.71. The second-order valence-electron chi connectivity index (χ2n) is 9.14. The molecule has 0 atom stereocenters. The third-order valence-corrected chi connectivity index (χ3v) is 12.6. The molecular weight excluding hydrogens is 698 g/mol. The van der Waals surface area contributed by atoms with Crippen LogP contribution in [-0.2, 0) is 18.1 Å². The van der Waals surface area contributed by atoms with E-state index in [1.807, 2.05) is 18.5 Å². The van der Waals surface area contributed by atoms with Gasteiger partial charge in [0, 0.05) is 0 Å². The minimum Gasteiger partial charge on any atom is -0.479 e. The predicted octanol–water partition coefficient (Wildman–Crippen LogP) is 4.19. The Morgan fingerprint density at radius 3 is 2.10 bits per heavy atom. The second-order valence-corrected chi connectivity index (χ2v) is 22.4. The molecule has 0 aromatic heterocycles. The van der Waals surface area contributed by atoms with E-state index in [1.54, 1.807) is 7.05 Å². The third kappa shape index (κ3) is 9.96. The Hall–Kier alpha value is -1.56. The van der Waals surface area contributed by atoms with Crippen LogP contribution in [0, 0.1) is 0 Å².